The van der Waals surface area contributed by atoms with Gasteiger partial charge in [0.15, 0.2) is 0 Å². The first-order chi connectivity index (χ1) is 13.7. The van der Waals surface area contributed by atoms with E-state index in [-0.39, 0.29) is 11.8 Å². The van der Waals surface area contributed by atoms with Gasteiger partial charge < -0.3 is 15.4 Å². The van der Waals surface area contributed by atoms with Crippen molar-refractivity contribution in [1.29, 1.82) is 0 Å². The number of hydrogen-bond donors (Lipinski definition) is 2. The largest absolute Gasteiger partial charge is 0.381 e. The van der Waals surface area contributed by atoms with Crippen LogP contribution >= 0.6 is 23.1 Å². The van der Waals surface area contributed by atoms with Gasteiger partial charge in [-0.2, -0.15) is 23.1 Å². The summed E-state index contributed by atoms with van der Waals surface area (Å²) in [5.41, 5.74) is 2.72. The lowest BCUT2D eigenvalue weighted by Gasteiger charge is -2.21. The highest BCUT2D eigenvalue weighted by Gasteiger charge is 2.14. The molecular formula is C21H26N2O3S2. The lowest BCUT2D eigenvalue weighted by Crippen LogP contribution is -2.25. The zero-order valence-electron chi connectivity index (χ0n) is 15.8. The average molecular weight is 419 g/mol. The van der Waals surface area contributed by atoms with Gasteiger partial charge in [0.2, 0.25) is 5.91 Å². The van der Waals surface area contributed by atoms with E-state index in [1.807, 2.05) is 40.7 Å². The van der Waals surface area contributed by atoms with Gasteiger partial charge in [-0.15, -0.1) is 0 Å². The molecule has 0 aliphatic carbocycles. The van der Waals surface area contributed by atoms with Crippen LogP contribution < -0.4 is 10.6 Å². The summed E-state index contributed by atoms with van der Waals surface area (Å²) in [6, 6.07) is 9.83. The van der Waals surface area contributed by atoms with Gasteiger partial charge in [-0.25, -0.2) is 0 Å². The van der Waals surface area contributed by atoms with Gasteiger partial charge in [0.1, 0.15) is 0 Å². The smallest absolute Gasteiger partial charge is 0.252 e. The van der Waals surface area contributed by atoms with Crippen LogP contribution in [0.4, 0.5) is 5.69 Å². The minimum Gasteiger partial charge on any atom is -0.381 e. The summed E-state index contributed by atoms with van der Waals surface area (Å²) >= 11 is 3.46. The van der Waals surface area contributed by atoms with Crippen LogP contribution in [0.2, 0.25) is 0 Å². The second-order valence-corrected chi connectivity index (χ2v) is 8.81. The molecule has 0 unspecified atom stereocenters. The Morgan fingerprint density at radius 1 is 1.21 bits per heavy atom. The van der Waals surface area contributed by atoms with E-state index in [4.69, 9.17) is 4.74 Å². The van der Waals surface area contributed by atoms with E-state index in [0.717, 1.165) is 37.5 Å². The molecule has 3 rings (SSSR count). The highest BCUT2D eigenvalue weighted by molar-refractivity contribution is 7.99. The maximum absolute atomic E-state index is 12.2. The molecule has 28 heavy (non-hydrogen) atoms. The third kappa shape index (κ3) is 6.96. The topological polar surface area (TPSA) is 67.4 Å². The maximum atomic E-state index is 12.2. The van der Waals surface area contributed by atoms with Crippen molar-refractivity contribution in [2.75, 3.05) is 25.1 Å². The number of thiophene rings is 1. The molecular weight excluding hydrogens is 392 g/mol. The van der Waals surface area contributed by atoms with Crippen molar-refractivity contribution in [3.8, 4) is 0 Å². The molecule has 7 heteroatoms. The first kappa shape index (κ1) is 20.9. The zero-order chi connectivity index (χ0) is 19.6. The van der Waals surface area contributed by atoms with Crippen LogP contribution in [0.25, 0.3) is 0 Å². The SMILES string of the molecule is O=C(CCCNC(=O)c1ccsc1)Nc1cccc(CSC2CCOCC2)c1. The predicted octanol–water partition coefficient (Wildman–Crippen LogP) is 4.31. The second kappa shape index (κ2) is 11.2. The van der Waals surface area contributed by atoms with Crippen molar-refractivity contribution in [2.45, 2.75) is 36.7 Å². The average Bonchev–Trinajstić information content (AvgIpc) is 3.26. The Morgan fingerprint density at radius 3 is 2.86 bits per heavy atom. The van der Waals surface area contributed by atoms with Crippen molar-refractivity contribution in [1.82, 2.24) is 5.32 Å². The second-order valence-electron chi connectivity index (χ2n) is 6.74. The number of carbonyl (C=O) groups excluding carboxylic acids is 2. The van der Waals surface area contributed by atoms with Crippen LogP contribution in [0.15, 0.2) is 41.1 Å². The fourth-order valence-electron chi connectivity index (χ4n) is 2.97. The van der Waals surface area contributed by atoms with Crippen molar-refractivity contribution in [3.63, 3.8) is 0 Å². The van der Waals surface area contributed by atoms with Crippen molar-refractivity contribution in [2.24, 2.45) is 0 Å². The zero-order valence-corrected chi connectivity index (χ0v) is 17.4. The highest BCUT2D eigenvalue weighted by atomic mass is 32.2. The Bertz CT molecular complexity index is 759. The first-order valence-electron chi connectivity index (χ1n) is 9.59. The number of carbonyl (C=O) groups is 2. The Kier molecular flexibility index (Phi) is 8.39. The fraction of sp³-hybridized carbons (Fsp3) is 0.429. The minimum absolute atomic E-state index is 0.0287. The van der Waals surface area contributed by atoms with E-state index in [0.29, 0.717) is 30.2 Å². The van der Waals surface area contributed by atoms with Gasteiger partial charge in [-0.1, -0.05) is 12.1 Å². The molecule has 2 amide bonds. The minimum atomic E-state index is -0.0867. The van der Waals surface area contributed by atoms with Crippen LogP contribution in [0, 0.1) is 0 Å². The summed E-state index contributed by atoms with van der Waals surface area (Å²) in [4.78, 5) is 24.0. The van der Waals surface area contributed by atoms with E-state index in [1.165, 1.54) is 16.9 Å². The summed E-state index contributed by atoms with van der Waals surface area (Å²) in [6.45, 7) is 2.22. The summed E-state index contributed by atoms with van der Waals surface area (Å²) in [5.74, 6) is 0.832. The molecule has 1 saturated heterocycles. The standard InChI is InChI=1S/C21H26N2O3S2/c24-20(5-2-9-22-21(25)17-8-12-27-15-17)23-18-4-1-3-16(13-18)14-28-19-6-10-26-11-7-19/h1,3-4,8,12-13,15,19H,2,5-7,9-11,14H2,(H,22,25)(H,23,24). The molecule has 2 aromatic rings. The number of nitrogens with one attached hydrogen (secondary N) is 2. The number of rotatable bonds is 9. The number of amides is 2. The third-order valence-electron chi connectivity index (χ3n) is 4.51. The van der Waals surface area contributed by atoms with E-state index < -0.39 is 0 Å². The molecule has 0 saturated carbocycles. The van der Waals surface area contributed by atoms with Gasteiger partial charge >= 0.3 is 0 Å². The summed E-state index contributed by atoms with van der Waals surface area (Å²) in [6.07, 6.45) is 3.22. The summed E-state index contributed by atoms with van der Waals surface area (Å²) in [5, 5.41) is 10.1. The number of benzene rings is 1. The molecule has 0 atom stereocenters. The van der Waals surface area contributed by atoms with Crippen LogP contribution in [0.3, 0.4) is 0 Å². The van der Waals surface area contributed by atoms with Gasteiger partial charge in [0.25, 0.3) is 5.91 Å². The predicted molar refractivity (Wildman–Crippen MR) is 116 cm³/mol. The molecule has 150 valence electrons. The Labute approximate surface area is 174 Å². The lowest BCUT2D eigenvalue weighted by atomic mass is 10.2. The quantitative estimate of drug-likeness (QED) is 0.596. The molecule has 1 aliphatic heterocycles. The molecule has 1 aromatic heterocycles. The van der Waals surface area contributed by atoms with Gasteiger partial charge in [0, 0.05) is 53.8 Å². The molecule has 1 aliphatic rings. The summed E-state index contributed by atoms with van der Waals surface area (Å²) in [7, 11) is 0. The van der Waals surface area contributed by atoms with Crippen LogP contribution in [-0.2, 0) is 15.3 Å². The van der Waals surface area contributed by atoms with E-state index in [9.17, 15) is 9.59 Å². The van der Waals surface area contributed by atoms with Crippen LogP contribution in [-0.4, -0.2) is 36.8 Å². The summed E-state index contributed by atoms with van der Waals surface area (Å²) < 4.78 is 5.40. The van der Waals surface area contributed by atoms with E-state index >= 15 is 0 Å². The molecule has 2 heterocycles. The van der Waals surface area contributed by atoms with E-state index in [1.54, 1.807) is 6.07 Å². The number of anilines is 1. The first-order valence-corrected chi connectivity index (χ1v) is 11.6. The molecule has 0 radical (unpaired) electrons. The molecule has 5 nitrogen and oxygen atoms in total. The van der Waals surface area contributed by atoms with E-state index in [2.05, 4.69) is 16.7 Å². The Morgan fingerprint density at radius 2 is 2.07 bits per heavy atom. The Hall–Kier alpha value is -1.83. The molecule has 1 fully saturated rings. The molecule has 0 bridgehead atoms. The molecule has 2 N–H and O–H groups in total. The third-order valence-corrected chi connectivity index (χ3v) is 6.64. The number of thioether (sulfide) groups is 1. The monoisotopic (exact) mass is 418 g/mol. The number of ether oxygens (including phenoxy) is 1. The van der Waals surface area contributed by atoms with Crippen molar-refractivity contribution in [3.05, 3.63) is 52.2 Å². The fourth-order valence-corrected chi connectivity index (χ4v) is 4.74. The van der Waals surface area contributed by atoms with Crippen LogP contribution in [0.5, 0.6) is 0 Å². The molecule has 1 aromatic carbocycles. The Balaban J connectivity index is 1.35. The highest BCUT2D eigenvalue weighted by Crippen LogP contribution is 2.26. The molecule has 0 spiro atoms. The van der Waals surface area contributed by atoms with Crippen LogP contribution in [0.1, 0.15) is 41.6 Å². The van der Waals surface area contributed by atoms with Gasteiger partial charge in [-0.05, 0) is 48.4 Å². The number of hydrogen-bond acceptors (Lipinski definition) is 5. The van der Waals surface area contributed by atoms with Gasteiger partial charge in [-0.3, -0.25) is 9.59 Å². The van der Waals surface area contributed by atoms with Crippen molar-refractivity contribution >= 4 is 40.6 Å². The normalized spacial score (nSPS) is 14.6. The van der Waals surface area contributed by atoms with Gasteiger partial charge in [0.05, 0.1) is 0 Å². The maximum Gasteiger partial charge on any atom is 0.252 e. The lowest BCUT2D eigenvalue weighted by molar-refractivity contribution is -0.116. The van der Waals surface area contributed by atoms with Crippen molar-refractivity contribution < 1.29 is 14.3 Å².